The lowest BCUT2D eigenvalue weighted by Gasteiger charge is -2.22. The zero-order valence-electron chi connectivity index (χ0n) is 17.6. The van der Waals surface area contributed by atoms with Gasteiger partial charge in [0.05, 0.1) is 31.9 Å². The van der Waals surface area contributed by atoms with E-state index in [0.717, 1.165) is 14.7 Å². The van der Waals surface area contributed by atoms with Crippen molar-refractivity contribution in [3.05, 3.63) is 76.5 Å². The largest absolute Gasteiger partial charge is 0.493 e. The molecule has 0 aliphatic heterocycles. The van der Waals surface area contributed by atoms with Gasteiger partial charge in [0.15, 0.2) is 11.5 Å². The predicted octanol–water partition coefficient (Wildman–Crippen LogP) is 3.11. The van der Waals surface area contributed by atoms with Crippen LogP contribution in [0.2, 0.25) is 0 Å². The molecule has 0 bridgehead atoms. The Morgan fingerprint density at radius 2 is 1.81 bits per heavy atom. The van der Waals surface area contributed by atoms with Crippen molar-refractivity contribution in [2.24, 2.45) is 5.10 Å². The summed E-state index contributed by atoms with van der Waals surface area (Å²) in [4.78, 5) is 13.4. The van der Waals surface area contributed by atoms with Crippen LogP contribution in [0, 0.1) is 0 Å². The molecule has 8 nitrogen and oxygen atoms in total. The van der Waals surface area contributed by atoms with Crippen molar-refractivity contribution in [1.82, 2.24) is 9.73 Å². The van der Waals surface area contributed by atoms with E-state index in [1.165, 1.54) is 50.0 Å². The second-order valence-electron chi connectivity index (χ2n) is 6.58. The normalized spacial score (nSPS) is 11.6. The summed E-state index contributed by atoms with van der Waals surface area (Å²) in [5, 5.41) is 5.80. The first-order chi connectivity index (χ1) is 15.4. The van der Waals surface area contributed by atoms with Gasteiger partial charge in [-0.05, 0) is 29.1 Å². The Hall–Kier alpha value is -3.21. The molecule has 0 fully saturated rings. The number of thiophene rings is 1. The molecule has 0 aliphatic carbocycles. The maximum atomic E-state index is 13.4. The van der Waals surface area contributed by atoms with Crippen molar-refractivity contribution < 1.29 is 22.7 Å². The van der Waals surface area contributed by atoms with Gasteiger partial charge in [0, 0.05) is 17.5 Å². The average Bonchev–Trinajstić information content (AvgIpc) is 3.32. The maximum absolute atomic E-state index is 13.4. The third kappa shape index (κ3) is 5.94. The number of carbonyl (C=O) groups excluding carboxylic acids is 1. The Kier molecular flexibility index (Phi) is 7.98. The molecule has 0 atom stereocenters. The molecule has 0 saturated heterocycles. The number of carbonyl (C=O) groups is 1. The van der Waals surface area contributed by atoms with Gasteiger partial charge in [-0.3, -0.25) is 4.79 Å². The first-order valence-electron chi connectivity index (χ1n) is 9.55. The molecule has 168 valence electrons. The minimum atomic E-state index is -4.03. The number of ether oxygens (including phenoxy) is 2. The fraction of sp³-hybridized carbons (Fsp3) is 0.182. The van der Waals surface area contributed by atoms with Crippen LogP contribution in [0.4, 0.5) is 0 Å². The van der Waals surface area contributed by atoms with Gasteiger partial charge in [0.25, 0.3) is 5.91 Å². The fourth-order valence-electron chi connectivity index (χ4n) is 2.87. The Morgan fingerprint density at radius 3 is 2.47 bits per heavy atom. The zero-order valence-corrected chi connectivity index (χ0v) is 19.2. The Balaban J connectivity index is 1.85. The highest BCUT2D eigenvalue weighted by molar-refractivity contribution is 7.89. The number of methoxy groups -OCH3 is 2. The average molecular weight is 474 g/mol. The monoisotopic (exact) mass is 473 g/mol. The van der Waals surface area contributed by atoms with Crippen LogP contribution in [0.1, 0.15) is 10.4 Å². The second kappa shape index (κ2) is 10.9. The smallest absolute Gasteiger partial charge is 0.255 e. The van der Waals surface area contributed by atoms with E-state index in [1.54, 1.807) is 12.1 Å². The number of rotatable bonds is 10. The lowest BCUT2D eigenvalue weighted by Crippen LogP contribution is -2.39. The number of amides is 1. The number of nitrogens with one attached hydrogen (secondary N) is 1. The molecule has 2 aromatic carbocycles. The standard InChI is InChI=1S/C22H23N3O5S2/c1-29-20-11-10-19(13-21(20)30-2)32(27,28)25(15-17-7-4-3-5-8-17)16-22(26)24-23-14-18-9-6-12-31-18/h3-14H,15-16H2,1-2H3,(H,24,26)/b23-14-. The van der Waals surface area contributed by atoms with Crippen molar-refractivity contribution in [1.29, 1.82) is 0 Å². The van der Waals surface area contributed by atoms with Gasteiger partial charge in [-0.25, -0.2) is 13.8 Å². The van der Waals surface area contributed by atoms with Gasteiger partial charge in [0.2, 0.25) is 10.0 Å². The van der Waals surface area contributed by atoms with Crippen molar-refractivity contribution >= 4 is 33.5 Å². The zero-order chi connectivity index (χ0) is 23.0. The third-order valence-corrected chi connectivity index (χ3v) is 7.03. The van der Waals surface area contributed by atoms with E-state index >= 15 is 0 Å². The topological polar surface area (TPSA) is 97.3 Å². The number of nitrogens with zero attached hydrogens (tertiary/aromatic N) is 2. The van der Waals surface area contributed by atoms with Crippen LogP contribution in [0.5, 0.6) is 11.5 Å². The van der Waals surface area contributed by atoms with Crippen LogP contribution in [0.15, 0.2) is 76.0 Å². The predicted molar refractivity (Wildman–Crippen MR) is 124 cm³/mol. The first-order valence-corrected chi connectivity index (χ1v) is 11.9. The molecule has 3 aromatic rings. The maximum Gasteiger partial charge on any atom is 0.255 e. The second-order valence-corrected chi connectivity index (χ2v) is 9.50. The Labute approximate surface area is 191 Å². The summed E-state index contributed by atoms with van der Waals surface area (Å²) in [6.45, 7) is -0.396. The summed E-state index contributed by atoms with van der Waals surface area (Å²) in [6.07, 6.45) is 1.51. The van der Waals surface area contributed by atoms with Crippen LogP contribution >= 0.6 is 11.3 Å². The SMILES string of the molecule is COc1ccc(S(=O)(=O)N(CC(=O)N/N=C\c2cccs2)Cc2ccccc2)cc1OC. The van der Waals surface area contributed by atoms with Gasteiger partial charge in [-0.15, -0.1) is 11.3 Å². The highest BCUT2D eigenvalue weighted by Gasteiger charge is 2.28. The molecular weight excluding hydrogens is 450 g/mol. The molecule has 1 amide bonds. The first kappa shape index (κ1) is 23.5. The number of hydrogen-bond acceptors (Lipinski definition) is 7. The summed E-state index contributed by atoms with van der Waals surface area (Å²) < 4.78 is 38.3. The van der Waals surface area contributed by atoms with Crippen molar-refractivity contribution in [2.75, 3.05) is 20.8 Å². The Morgan fingerprint density at radius 1 is 1.06 bits per heavy atom. The van der Waals surface area contributed by atoms with Crippen molar-refractivity contribution in [3.63, 3.8) is 0 Å². The molecule has 32 heavy (non-hydrogen) atoms. The molecule has 0 unspecified atom stereocenters. The third-order valence-electron chi connectivity index (χ3n) is 4.44. The van der Waals surface area contributed by atoms with Crippen molar-refractivity contribution in [2.45, 2.75) is 11.4 Å². The molecule has 0 aliphatic rings. The summed E-state index contributed by atoms with van der Waals surface area (Å²) in [5.74, 6) is 0.123. The molecule has 1 N–H and O–H groups in total. The van der Waals surface area contributed by atoms with E-state index in [0.29, 0.717) is 5.75 Å². The fourth-order valence-corrected chi connectivity index (χ4v) is 4.85. The van der Waals surface area contributed by atoms with Gasteiger partial charge < -0.3 is 9.47 Å². The van der Waals surface area contributed by atoms with E-state index in [4.69, 9.17) is 9.47 Å². The summed E-state index contributed by atoms with van der Waals surface area (Å²) >= 11 is 1.47. The molecule has 0 saturated carbocycles. The van der Waals surface area contributed by atoms with Crippen LogP contribution in [-0.2, 0) is 21.4 Å². The van der Waals surface area contributed by atoms with Crippen LogP contribution in [-0.4, -0.2) is 45.6 Å². The molecular formula is C22H23N3O5S2. The summed E-state index contributed by atoms with van der Waals surface area (Å²) in [7, 11) is -1.14. The number of benzene rings is 2. The molecule has 3 rings (SSSR count). The number of hydrazone groups is 1. The van der Waals surface area contributed by atoms with Gasteiger partial charge in [-0.2, -0.15) is 9.41 Å². The van der Waals surface area contributed by atoms with E-state index in [9.17, 15) is 13.2 Å². The van der Waals surface area contributed by atoms with Gasteiger partial charge in [-0.1, -0.05) is 36.4 Å². The van der Waals surface area contributed by atoms with E-state index < -0.39 is 22.5 Å². The van der Waals surface area contributed by atoms with E-state index in [2.05, 4.69) is 10.5 Å². The van der Waals surface area contributed by atoms with Crippen LogP contribution in [0.25, 0.3) is 0 Å². The van der Waals surface area contributed by atoms with E-state index in [1.807, 2.05) is 35.7 Å². The number of sulfonamides is 1. The molecule has 0 spiro atoms. The Bertz CT molecular complexity index is 1160. The molecule has 0 radical (unpaired) electrons. The summed E-state index contributed by atoms with van der Waals surface area (Å²) in [6, 6.07) is 17.1. The lowest BCUT2D eigenvalue weighted by atomic mass is 10.2. The van der Waals surface area contributed by atoms with Crippen LogP contribution < -0.4 is 14.9 Å². The molecule has 10 heteroatoms. The minimum Gasteiger partial charge on any atom is -0.493 e. The lowest BCUT2D eigenvalue weighted by molar-refractivity contribution is -0.121. The van der Waals surface area contributed by atoms with Gasteiger partial charge >= 0.3 is 0 Å². The number of hydrogen-bond donors (Lipinski definition) is 1. The minimum absolute atomic E-state index is 0.0130. The van der Waals surface area contributed by atoms with Gasteiger partial charge in [0.1, 0.15) is 0 Å². The molecule has 1 aromatic heterocycles. The highest BCUT2D eigenvalue weighted by atomic mass is 32.2. The molecule has 1 heterocycles. The van der Waals surface area contributed by atoms with Crippen molar-refractivity contribution in [3.8, 4) is 11.5 Å². The summed E-state index contributed by atoms with van der Waals surface area (Å²) in [5.41, 5.74) is 3.13. The highest BCUT2D eigenvalue weighted by Crippen LogP contribution is 2.31. The van der Waals surface area contributed by atoms with E-state index in [-0.39, 0.29) is 17.2 Å². The quantitative estimate of drug-likeness (QED) is 0.360. The van der Waals surface area contributed by atoms with Crippen LogP contribution in [0.3, 0.4) is 0 Å².